The van der Waals surface area contributed by atoms with Gasteiger partial charge < -0.3 is 20.5 Å². The number of ether oxygens (including phenoxy) is 1. The number of fused-ring (bicyclic) bond motifs is 3. The summed E-state index contributed by atoms with van der Waals surface area (Å²) in [5.74, 6) is -1.32. The van der Waals surface area contributed by atoms with Crippen molar-refractivity contribution >= 4 is 18.0 Å². The molecule has 0 fully saturated rings. The Labute approximate surface area is 235 Å². The Kier molecular flexibility index (Phi) is 10.3. The van der Waals surface area contributed by atoms with Gasteiger partial charge in [0.05, 0.1) is 0 Å². The van der Waals surface area contributed by atoms with E-state index in [0.29, 0.717) is 25.9 Å². The third-order valence-electron chi connectivity index (χ3n) is 7.12. The van der Waals surface area contributed by atoms with Gasteiger partial charge in [-0.05, 0) is 47.7 Å². The largest absolute Gasteiger partial charge is 0.480 e. The molecule has 2 amide bonds. The highest BCUT2D eigenvalue weighted by molar-refractivity contribution is 5.83. The fourth-order valence-electron chi connectivity index (χ4n) is 5.15. The molecular formula is C32H37N3O5. The lowest BCUT2D eigenvalue weighted by Gasteiger charge is -2.22. The van der Waals surface area contributed by atoms with E-state index in [1.165, 1.54) is 22.3 Å². The van der Waals surface area contributed by atoms with Gasteiger partial charge in [-0.1, -0.05) is 85.3 Å². The molecule has 0 heterocycles. The molecule has 1 aliphatic rings. The van der Waals surface area contributed by atoms with Gasteiger partial charge in [0, 0.05) is 32.0 Å². The molecular weight excluding hydrogens is 506 g/mol. The van der Waals surface area contributed by atoms with Gasteiger partial charge in [0.15, 0.2) is 0 Å². The van der Waals surface area contributed by atoms with E-state index in [9.17, 15) is 19.5 Å². The Morgan fingerprint density at radius 3 is 2.15 bits per heavy atom. The molecule has 0 aromatic heterocycles. The van der Waals surface area contributed by atoms with Crippen molar-refractivity contribution in [1.82, 2.24) is 15.5 Å². The summed E-state index contributed by atoms with van der Waals surface area (Å²) < 4.78 is 5.55. The SMILES string of the molecule is CN(Cc1ccccc1)CC(NC(=O)CCCCCNC(=O)OCC1c2ccccc2-c2ccccc21)C(=O)O. The molecule has 4 rings (SSSR count). The van der Waals surface area contributed by atoms with Gasteiger partial charge in [-0.15, -0.1) is 0 Å². The summed E-state index contributed by atoms with van der Waals surface area (Å²) in [4.78, 5) is 38.2. The van der Waals surface area contributed by atoms with Crippen molar-refractivity contribution in [2.75, 3.05) is 26.7 Å². The van der Waals surface area contributed by atoms with Crippen LogP contribution >= 0.6 is 0 Å². The van der Waals surface area contributed by atoms with Gasteiger partial charge in [-0.25, -0.2) is 9.59 Å². The van der Waals surface area contributed by atoms with Crippen molar-refractivity contribution in [2.45, 2.75) is 44.2 Å². The normalized spacial score (nSPS) is 12.8. The minimum atomic E-state index is -1.06. The molecule has 8 nitrogen and oxygen atoms in total. The number of hydrogen-bond donors (Lipinski definition) is 3. The number of likely N-dealkylation sites (N-methyl/N-ethyl adjacent to an activating group) is 1. The van der Waals surface area contributed by atoms with Crippen molar-refractivity contribution in [2.24, 2.45) is 0 Å². The van der Waals surface area contributed by atoms with Crippen LogP contribution in [0.4, 0.5) is 4.79 Å². The van der Waals surface area contributed by atoms with Crippen LogP contribution in [0.2, 0.25) is 0 Å². The number of carbonyl (C=O) groups is 3. The van der Waals surface area contributed by atoms with E-state index in [1.807, 2.05) is 66.5 Å². The molecule has 3 N–H and O–H groups in total. The Bertz CT molecular complexity index is 1250. The molecule has 0 spiro atoms. The second kappa shape index (κ2) is 14.3. The lowest BCUT2D eigenvalue weighted by Crippen LogP contribution is -2.47. The van der Waals surface area contributed by atoms with E-state index in [2.05, 4.69) is 34.9 Å². The summed E-state index contributed by atoms with van der Waals surface area (Å²) in [5, 5.41) is 15.0. The molecule has 0 radical (unpaired) electrons. The van der Waals surface area contributed by atoms with E-state index in [1.54, 1.807) is 0 Å². The fraction of sp³-hybridized carbons (Fsp3) is 0.344. The van der Waals surface area contributed by atoms with Gasteiger partial charge in [0.25, 0.3) is 0 Å². The van der Waals surface area contributed by atoms with Gasteiger partial charge in [-0.2, -0.15) is 0 Å². The lowest BCUT2D eigenvalue weighted by molar-refractivity contribution is -0.142. The first-order valence-corrected chi connectivity index (χ1v) is 13.8. The molecule has 3 aromatic carbocycles. The number of unbranched alkanes of at least 4 members (excludes halogenated alkanes) is 2. The van der Waals surface area contributed by atoms with E-state index < -0.39 is 18.1 Å². The second-order valence-corrected chi connectivity index (χ2v) is 10.2. The minimum Gasteiger partial charge on any atom is -0.480 e. The van der Waals surface area contributed by atoms with Gasteiger partial charge in [0.1, 0.15) is 12.6 Å². The maximum atomic E-state index is 12.3. The van der Waals surface area contributed by atoms with Gasteiger partial charge >= 0.3 is 12.1 Å². The van der Waals surface area contributed by atoms with Gasteiger partial charge in [0.2, 0.25) is 5.91 Å². The number of amides is 2. The molecule has 8 heteroatoms. The third-order valence-corrected chi connectivity index (χ3v) is 7.12. The number of carboxylic acid groups (broad SMARTS) is 1. The van der Waals surface area contributed by atoms with Crippen molar-refractivity contribution in [3.63, 3.8) is 0 Å². The average Bonchev–Trinajstić information content (AvgIpc) is 3.27. The number of alkyl carbamates (subject to hydrolysis) is 1. The number of nitrogens with zero attached hydrogens (tertiary/aromatic N) is 1. The van der Waals surface area contributed by atoms with E-state index in [4.69, 9.17) is 4.74 Å². The smallest absolute Gasteiger partial charge is 0.407 e. The molecule has 3 aromatic rings. The summed E-state index contributed by atoms with van der Waals surface area (Å²) in [6.07, 6.45) is 1.80. The van der Waals surface area contributed by atoms with Crippen LogP contribution in [-0.4, -0.2) is 60.8 Å². The Balaban J connectivity index is 1.10. The Hall–Kier alpha value is -4.17. The number of nitrogens with one attached hydrogen (secondary N) is 2. The number of hydrogen-bond acceptors (Lipinski definition) is 5. The summed E-state index contributed by atoms with van der Waals surface area (Å²) in [7, 11) is 1.83. The quantitative estimate of drug-likeness (QED) is 0.253. The monoisotopic (exact) mass is 543 g/mol. The maximum absolute atomic E-state index is 12.3. The molecule has 1 aliphatic carbocycles. The zero-order chi connectivity index (χ0) is 28.3. The van der Waals surface area contributed by atoms with Crippen LogP contribution < -0.4 is 10.6 Å². The molecule has 0 aliphatic heterocycles. The standard InChI is InChI=1S/C32H37N3O5/c1-35(20-23-12-4-2-5-13-23)21-29(31(37)38)34-30(36)18-6-3-11-19-33-32(39)40-22-28-26-16-9-7-14-24(26)25-15-8-10-17-27(25)28/h2,4-5,7-10,12-17,28-29H,3,6,11,18-22H2,1H3,(H,33,39)(H,34,36)(H,37,38). The lowest BCUT2D eigenvalue weighted by atomic mass is 9.98. The third kappa shape index (κ3) is 7.93. The summed E-state index contributed by atoms with van der Waals surface area (Å²) in [6, 6.07) is 25.2. The first-order chi connectivity index (χ1) is 19.4. The number of carboxylic acids is 1. The first kappa shape index (κ1) is 28.8. The average molecular weight is 544 g/mol. The van der Waals surface area contributed by atoms with Crippen molar-refractivity contribution in [1.29, 1.82) is 0 Å². The molecule has 40 heavy (non-hydrogen) atoms. The van der Waals surface area contributed by atoms with Crippen LogP contribution in [0.5, 0.6) is 0 Å². The molecule has 1 unspecified atom stereocenters. The summed E-state index contributed by atoms with van der Waals surface area (Å²) >= 11 is 0. The van der Waals surface area contributed by atoms with Crippen LogP contribution in [0.15, 0.2) is 78.9 Å². The molecule has 210 valence electrons. The summed E-state index contributed by atoms with van der Waals surface area (Å²) in [6.45, 7) is 1.52. The minimum absolute atomic E-state index is 0.0180. The molecule has 0 saturated carbocycles. The number of carbonyl (C=O) groups excluding carboxylic acids is 2. The van der Waals surface area contributed by atoms with Crippen LogP contribution in [0, 0.1) is 0 Å². The van der Waals surface area contributed by atoms with Crippen molar-refractivity contribution < 1.29 is 24.2 Å². The maximum Gasteiger partial charge on any atom is 0.407 e. The highest BCUT2D eigenvalue weighted by atomic mass is 16.5. The summed E-state index contributed by atoms with van der Waals surface area (Å²) in [5.41, 5.74) is 5.78. The number of rotatable bonds is 14. The zero-order valence-electron chi connectivity index (χ0n) is 22.8. The van der Waals surface area contributed by atoms with Crippen LogP contribution in [0.25, 0.3) is 11.1 Å². The van der Waals surface area contributed by atoms with Gasteiger partial charge in [-0.3, -0.25) is 9.69 Å². The van der Waals surface area contributed by atoms with E-state index in [-0.39, 0.29) is 31.4 Å². The fourth-order valence-corrected chi connectivity index (χ4v) is 5.15. The highest BCUT2D eigenvalue weighted by Gasteiger charge is 2.29. The van der Waals surface area contributed by atoms with Crippen LogP contribution in [0.1, 0.15) is 48.3 Å². The predicted molar refractivity (Wildman–Crippen MR) is 154 cm³/mol. The first-order valence-electron chi connectivity index (χ1n) is 13.8. The Morgan fingerprint density at radius 1 is 0.875 bits per heavy atom. The molecule has 0 saturated heterocycles. The molecule has 1 atom stereocenters. The van der Waals surface area contributed by atoms with E-state index >= 15 is 0 Å². The Morgan fingerprint density at radius 2 is 1.50 bits per heavy atom. The number of aliphatic carboxylic acids is 1. The molecule has 0 bridgehead atoms. The highest BCUT2D eigenvalue weighted by Crippen LogP contribution is 2.44. The predicted octanol–water partition coefficient (Wildman–Crippen LogP) is 4.79. The van der Waals surface area contributed by atoms with Crippen LogP contribution in [0.3, 0.4) is 0 Å². The van der Waals surface area contributed by atoms with E-state index in [0.717, 1.165) is 12.0 Å². The topological polar surface area (TPSA) is 108 Å². The second-order valence-electron chi connectivity index (χ2n) is 10.2. The number of benzene rings is 3. The van der Waals surface area contributed by atoms with Crippen molar-refractivity contribution in [3.05, 3.63) is 95.6 Å². The van der Waals surface area contributed by atoms with Crippen LogP contribution in [-0.2, 0) is 20.9 Å². The van der Waals surface area contributed by atoms with Crippen molar-refractivity contribution in [3.8, 4) is 11.1 Å². The zero-order valence-corrected chi connectivity index (χ0v) is 22.8.